The number of fused-ring (bicyclic) bond motifs is 1. The molecule has 0 aliphatic carbocycles. The fourth-order valence-corrected chi connectivity index (χ4v) is 4.80. The molecule has 1 heterocycles. The second kappa shape index (κ2) is 7.10. The number of carbonyl (C=O) groups is 1. The molecule has 1 amide bonds. The van der Waals surface area contributed by atoms with Crippen molar-refractivity contribution in [3.63, 3.8) is 0 Å². The average Bonchev–Trinajstić information content (AvgIpc) is 2.73. The quantitative estimate of drug-likeness (QED) is 0.417. The smallest absolute Gasteiger partial charge is 0.269 e. The van der Waals surface area contributed by atoms with Crippen LogP contribution in [0.25, 0.3) is 0 Å². The van der Waals surface area contributed by atoms with E-state index in [4.69, 9.17) is 0 Å². The summed E-state index contributed by atoms with van der Waals surface area (Å²) in [5.41, 5.74) is 2.90. The Kier molecular flexibility index (Phi) is 4.69. The van der Waals surface area contributed by atoms with Gasteiger partial charge in [0.15, 0.2) is 0 Å². The van der Waals surface area contributed by atoms with Crippen molar-refractivity contribution in [3.8, 4) is 0 Å². The molecule has 0 spiro atoms. The topological polar surface area (TPSA) is 63.5 Å². The van der Waals surface area contributed by atoms with Gasteiger partial charge in [0.1, 0.15) is 0 Å². The van der Waals surface area contributed by atoms with Gasteiger partial charge in [0.05, 0.1) is 4.92 Å². The SMILES string of the molecule is CC1(C)C[C@@](C)(c2ccccc2)c2ccccc2N1C(=O)c1ccc([N+](=O)[O-])cc1. The fraction of sp³-hybridized carbons (Fsp3) is 0.240. The molecule has 0 saturated carbocycles. The molecule has 0 aromatic heterocycles. The lowest BCUT2D eigenvalue weighted by atomic mass is 9.65. The molecule has 5 heteroatoms. The second-order valence-electron chi connectivity index (χ2n) is 8.65. The molecule has 1 aliphatic rings. The number of rotatable bonds is 3. The Labute approximate surface area is 176 Å². The Morgan fingerprint density at radius 3 is 2.13 bits per heavy atom. The van der Waals surface area contributed by atoms with Gasteiger partial charge in [-0.25, -0.2) is 0 Å². The van der Waals surface area contributed by atoms with Gasteiger partial charge in [0.25, 0.3) is 11.6 Å². The largest absolute Gasteiger partial charge is 0.302 e. The normalized spacial score (nSPS) is 19.8. The van der Waals surface area contributed by atoms with Crippen LogP contribution in [0.4, 0.5) is 11.4 Å². The van der Waals surface area contributed by atoms with Crippen molar-refractivity contribution < 1.29 is 9.72 Å². The number of non-ortho nitro benzene ring substituents is 1. The lowest BCUT2D eigenvalue weighted by Crippen LogP contribution is -2.55. The number of hydrogen-bond donors (Lipinski definition) is 0. The van der Waals surface area contributed by atoms with Gasteiger partial charge in [-0.15, -0.1) is 0 Å². The van der Waals surface area contributed by atoms with Crippen LogP contribution in [0.1, 0.15) is 48.7 Å². The molecule has 30 heavy (non-hydrogen) atoms. The Balaban J connectivity index is 1.83. The number of nitrogens with zero attached hydrogens (tertiary/aromatic N) is 2. The first-order valence-corrected chi connectivity index (χ1v) is 9.98. The van der Waals surface area contributed by atoms with Crippen LogP contribution in [0.15, 0.2) is 78.9 Å². The summed E-state index contributed by atoms with van der Waals surface area (Å²) >= 11 is 0. The monoisotopic (exact) mass is 400 g/mol. The van der Waals surface area contributed by atoms with Crippen LogP contribution in [0, 0.1) is 10.1 Å². The Hall–Kier alpha value is -3.47. The number of carbonyl (C=O) groups excluding carboxylic acids is 1. The van der Waals surface area contributed by atoms with Crippen LogP contribution in [0.2, 0.25) is 0 Å². The van der Waals surface area contributed by atoms with E-state index in [1.807, 2.05) is 41.3 Å². The van der Waals surface area contributed by atoms with Crippen molar-refractivity contribution in [1.82, 2.24) is 0 Å². The Morgan fingerprint density at radius 1 is 0.900 bits per heavy atom. The molecular weight excluding hydrogens is 376 g/mol. The van der Waals surface area contributed by atoms with Gasteiger partial charge >= 0.3 is 0 Å². The van der Waals surface area contributed by atoms with E-state index in [1.165, 1.54) is 29.8 Å². The number of amides is 1. The molecular formula is C25H24N2O3. The second-order valence-corrected chi connectivity index (χ2v) is 8.65. The van der Waals surface area contributed by atoms with E-state index in [9.17, 15) is 14.9 Å². The summed E-state index contributed by atoms with van der Waals surface area (Å²) in [6, 6.07) is 24.2. The van der Waals surface area contributed by atoms with E-state index in [1.54, 1.807) is 0 Å². The summed E-state index contributed by atoms with van der Waals surface area (Å²) in [7, 11) is 0. The maximum Gasteiger partial charge on any atom is 0.269 e. The predicted molar refractivity (Wildman–Crippen MR) is 118 cm³/mol. The summed E-state index contributed by atoms with van der Waals surface area (Å²) in [4.78, 5) is 25.9. The zero-order chi connectivity index (χ0) is 21.5. The van der Waals surface area contributed by atoms with Crippen LogP contribution in [0.5, 0.6) is 0 Å². The number of nitro groups is 1. The van der Waals surface area contributed by atoms with Crippen LogP contribution in [-0.2, 0) is 5.41 Å². The van der Waals surface area contributed by atoms with Crippen LogP contribution in [0.3, 0.4) is 0 Å². The van der Waals surface area contributed by atoms with Crippen molar-refractivity contribution in [2.45, 2.75) is 38.1 Å². The number of para-hydroxylation sites is 1. The van der Waals surface area contributed by atoms with E-state index in [2.05, 4.69) is 39.0 Å². The summed E-state index contributed by atoms with van der Waals surface area (Å²) in [6.07, 6.45) is 0.750. The van der Waals surface area contributed by atoms with Crippen molar-refractivity contribution >= 4 is 17.3 Å². The molecule has 0 bridgehead atoms. The molecule has 5 nitrogen and oxygen atoms in total. The first-order valence-electron chi connectivity index (χ1n) is 9.98. The predicted octanol–water partition coefficient (Wildman–Crippen LogP) is 5.73. The molecule has 4 rings (SSSR count). The van der Waals surface area contributed by atoms with Gasteiger partial charge in [-0.05, 0) is 49.6 Å². The van der Waals surface area contributed by atoms with E-state index in [0.29, 0.717) is 5.56 Å². The standard InChI is InChI=1S/C25H24N2O3/c1-24(2)17-25(3,19-9-5-4-6-10-19)21-11-7-8-12-22(21)26(24)23(28)18-13-15-20(16-14-18)27(29)30/h4-16H,17H2,1-3H3/t25-/m0/s1. The molecule has 0 fully saturated rings. The zero-order valence-corrected chi connectivity index (χ0v) is 17.3. The zero-order valence-electron chi connectivity index (χ0n) is 17.3. The van der Waals surface area contributed by atoms with Crippen LogP contribution in [-0.4, -0.2) is 16.4 Å². The number of anilines is 1. The van der Waals surface area contributed by atoms with Gasteiger partial charge < -0.3 is 4.90 Å². The van der Waals surface area contributed by atoms with Crippen LogP contribution < -0.4 is 4.90 Å². The summed E-state index contributed by atoms with van der Waals surface area (Å²) in [5, 5.41) is 11.0. The molecule has 0 unspecified atom stereocenters. The Bertz CT molecular complexity index is 1110. The minimum atomic E-state index is -0.461. The van der Waals surface area contributed by atoms with E-state index >= 15 is 0 Å². The molecule has 1 atom stereocenters. The van der Waals surface area contributed by atoms with Gasteiger partial charge in [0, 0.05) is 34.3 Å². The third-order valence-electron chi connectivity index (χ3n) is 6.07. The van der Waals surface area contributed by atoms with E-state index in [0.717, 1.165) is 17.7 Å². The fourth-order valence-electron chi connectivity index (χ4n) is 4.80. The molecule has 1 aliphatic heterocycles. The third kappa shape index (κ3) is 3.16. The first kappa shape index (κ1) is 19.8. The lowest BCUT2D eigenvalue weighted by Gasteiger charge is -2.51. The van der Waals surface area contributed by atoms with Crippen molar-refractivity contribution in [2.75, 3.05) is 4.90 Å². The van der Waals surface area contributed by atoms with Gasteiger partial charge in [0.2, 0.25) is 0 Å². The molecule has 152 valence electrons. The summed E-state index contributed by atoms with van der Waals surface area (Å²) in [6.45, 7) is 6.39. The van der Waals surface area contributed by atoms with E-state index in [-0.39, 0.29) is 17.0 Å². The number of benzene rings is 3. The first-order chi connectivity index (χ1) is 14.2. The molecule has 3 aromatic carbocycles. The third-order valence-corrected chi connectivity index (χ3v) is 6.07. The highest BCUT2D eigenvalue weighted by Crippen LogP contribution is 2.50. The van der Waals surface area contributed by atoms with E-state index < -0.39 is 10.5 Å². The summed E-state index contributed by atoms with van der Waals surface area (Å²) < 4.78 is 0. The minimum absolute atomic E-state index is 0.0264. The van der Waals surface area contributed by atoms with Crippen molar-refractivity contribution in [2.24, 2.45) is 0 Å². The highest BCUT2D eigenvalue weighted by atomic mass is 16.6. The van der Waals surface area contributed by atoms with Gasteiger partial charge in [-0.2, -0.15) is 0 Å². The minimum Gasteiger partial charge on any atom is -0.302 e. The van der Waals surface area contributed by atoms with Gasteiger partial charge in [-0.3, -0.25) is 14.9 Å². The van der Waals surface area contributed by atoms with Crippen molar-refractivity contribution in [1.29, 1.82) is 0 Å². The average molecular weight is 400 g/mol. The maximum atomic E-state index is 13.6. The van der Waals surface area contributed by atoms with Gasteiger partial charge in [-0.1, -0.05) is 55.5 Å². The molecule has 0 saturated heterocycles. The summed E-state index contributed by atoms with van der Waals surface area (Å²) in [5.74, 6) is -0.155. The maximum absolute atomic E-state index is 13.6. The van der Waals surface area contributed by atoms with Crippen LogP contribution >= 0.6 is 0 Å². The number of hydrogen-bond acceptors (Lipinski definition) is 3. The molecule has 0 radical (unpaired) electrons. The highest BCUT2D eigenvalue weighted by Gasteiger charge is 2.47. The Morgan fingerprint density at radius 2 is 1.50 bits per heavy atom. The molecule has 0 N–H and O–H groups in total. The highest BCUT2D eigenvalue weighted by molar-refractivity contribution is 6.08. The lowest BCUT2D eigenvalue weighted by molar-refractivity contribution is -0.384. The number of nitro benzene ring substituents is 1. The van der Waals surface area contributed by atoms with Crippen molar-refractivity contribution in [3.05, 3.63) is 106 Å². The molecule has 3 aromatic rings.